The van der Waals surface area contributed by atoms with Gasteiger partial charge < -0.3 is 0 Å². The van der Waals surface area contributed by atoms with Crippen molar-refractivity contribution in [2.45, 2.75) is 92.9 Å². The van der Waals surface area contributed by atoms with E-state index < -0.39 is 0 Å². The van der Waals surface area contributed by atoms with Gasteiger partial charge in [0.05, 0.1) is 0 Å². The van der Waals surface area contributed by atoms with E-state index in [0.29, 0.717) is 0 Å². The summed E-state index contributed by atoms with van der Waals surface area (Å²) in [4.78, 5) is 0. The van der Waals surface area contributed by atoms with Crippen molar-refractivity contribution in [2.24, 2.45) is 0 Å². The summed E-state index contributed by atoms with van der Waals surface area (Å²) in [6, 6.07) is 0. The van der Waals surface area contributed by atoms with Crippen molar-refractivity contribution in [3.8, 4) is 0 Å². The van der Waals surface area contributed by atoms with Gasteiger partial charge in [-0.3, -0.25) is 0 Å². The minimum atomic E-state index is 1.27. The average Bonchev–Trinajstić information content (AvgIpc) is 2.34. The van der Waals surface area contributed by atoms with Gasteiger partial charge in [-0.15, -0.1) is 0 Å². The summed E-state index contributed by atoms with van der Waals surface area (Å²) in [7, 11) is 0. The van der Waals surface area contributed by atoms with Crippen LogP contribution in [0.3, 0.4) is 0 Å². The van der Waals surface area contributed by atoms with Crippen LogP contribution in [0.2, 0.25) is 0 Å². The molecule has 0 aliphatic carbocycles. The molecule has 0 saturated carbocycles. The van der Waals surface area contributed by atoms with E-state index in [1.54, 1.807) is 22.3 Å². The molecule has 0 heterocycles. The molecule has 0 aliphatic heterocycles. The minimum Gasteiger partial charge on any atom is -0.0699 e. The Labute approximate surface area is 116 Å². The molecule has 0 aliphatic rings. The first kappa shape index (κ1) is 17.5. The lowest BCUT2D eigenvalue weighted by atomic mass is 9.87. The molecule has 0 aromatic rings. The highest BCUT2D eigenvalue weighted by Crippen LogP contribution is 2.30. The smallest absolute Gasteiger partial charge is 0.0279 e. The maximum Gasteiger partial charge on any atom is -0.0279 e. The molecule has 0 rings (SSSR count). The fourth-order valence-corrected chi connectivity index (χ4v) is 2.80. The summed E-state index contributed by atoms with van der Waals surface area (Å²) in [6.45, 7) is 13.9. The third-order valence-corrected chi connectivity index (χ3v) is 3.64. The standard InChI is InChI=1S/C18H34/c1-7-11-15(5)17(13-9-3)18(14-10-4)16(6)12-8-2/h7-14H2,1-6H3. The molecule has 0 aromatic carbocycles. The van der Waals surface area contributed by atoms with E-state index in [2.05, 4.69) is 41.5 Å². The van der Waals surface area contributed by atoms with Crippen LogP contribution in [-0.4, -0.2) is 0 Å². The second-order valence-electron chi connectivity index (χ2n) is 5.52. The zero-order chi connectivity index (χ0) is 14.0. The summed E-state index contributed by atoms with van der Waals surface area (Å²) < 4.78 is 0. The van der Waals surface area contributed by atoms with E-state index in [4.69, 9.17) is 0 Å². The molecule has 0 amide bonds. The summed E-state index contributed by atoms with van der Waals surface area (Å²) >= 11 is 0. The van der Waals surface area contributed by atoms with Crippen LogP contribution in [-0.2, 0) is 0 Å². The lowest BCUT2D eigenvalue weighted by Crippen LogP contribution is -1.99. The van der Waals surface area contributed by atoms with Crippen molar-refractivity contribution in [1.82, 2.24) is 0 Å². The monoisotopic (exact) mass is 250 g/mol. The van der Waals surface area contributed by atoms with Gasteiger partial charge in [0, 0.05) is 0 Å². The highest BCUT2D eigenvalue weighted by Gasteiger charge is 2.10. The van der Waals surface area contributed by atoms with Gasteiger partial charge in [-0.05, 0) is 50.7 Å². The van der Waals surface area contributed by atoms with Gasteiger partial charge in [-0.1, -0.05) is 64.5 Å². The van der Waals surface area contributed by atoms with Crippen molar-refractivity contribution in [2.75, 3.05) is 0 Å². The van der Waals surface area contributed by atoms with Crippen molar-refractivity contribution < 1.29 is 0 Å². The van der Waals surface area contributed by atoms with Gasteiger partial charge >= 0.3 is 0 Å². The van der Waals surface area contributed by atoms with Crippen LogP contribution in [0.1, 0.15) is 92.9 Å². The van der Waals surface area contributed by atoms with E-state index in [1.165, 1.54) is 51.4 Å². The van der Waals surface area contributed by atoms with Gasteiger partial charge in [-0.25, -0.2) is 0 Å². The minimum absolute atomic E-state index is 1.27. The number of hydrogen-bond donors (Lipinski definition) is 0. The molecule has 0 fully saturated rings. The van der Waals surface area contributed by atoms with Gasteiger partial charge in [0.25, 0.3) is 0 Å². The maximum atomic E-state index is 2.35. The lowest BCUT2D eigenvalue weighted by Gasteiger charge is -2.18. The normalized spacial score (nSPS) is 14.3. The molecular weight excluding hydrogens is 216 g/mol. The van der Waals surface area contributed by atoms with Crippen LogP contribution < -0.4 is 0 Å². The van der Waals surface area contributed by atoms with Gasteiger partial charge in [0.2, 0.25) is 0 Å². The van der Waals surface area contributed by atoms with Crippen molar-refractivity contribution in [1.29, 1.82) is 0 Å². The largest absolute Gasteiger partial charge is 0.0699 e. The second kappa shape index (κ2) is 10.4. The Morgan fingerprint density at radius 2 is 0.778 bits per heavy atom. The summed E-state index contributed by atoms with van der Waals surface area (Å²) in [6.07, 6.45) is 10.1. The molecule has 0 saturated heterocycles. The maximum absolute atomic E-state index is 2.35. The van der Waals surface area contributed by atoms with Crippen molar-refractivity contribution in [3.05, 3.63) is 22.3 Å². The molecule has 0 bridgehead atoms. The van der Waals surface area contributed by atoms with E-state index in [9.17, 15) is 0 Å². The van der Waals surface area contributed by atoms with Crippen LogP contribution in [0.5, 0.6) is 0 Å². The second-order valence-corrected chi connectivity index (χ2v) is 5.52. The third kappa shape index (κ3) is 5.89. The number of rotatable bonds is 9. The van der Waals surface area contributed by atoms with E-state index >= 15 is 0 Å². The van der Waals surface area contributed by atoms with E-state index in [0.717, 1.165) is 0 Å². The van der Waals surface area contributed by atoms with Crippen LogP contribution in [0.15, 0.2) is 22.3 Å². The quantitative estimate of drug-likeness (QED) is 0.394. The third-order valence-electron chi connectivity index (χ3n) is 3.64. The molecule has 0 aromatic heterocycles. The SMILES string of the molecule is CCCC(C)=C(CCC)C(CCC)=C(C)CCC. The lowest BCUT2D eigenvalue weighted by molar-refractivity contribution is 0.787. The van der Waals surface area contributed by atoms with Crippen molar-refractivity contribution >= 4 is 0 Å². The molecule has 0 heteroatoms. The Bertz CT molecular complexity index is 248. The zero-order valence-corrected chi connectivity index (χ0v) is 13.7. The van der Waals surface area contributed by atoms with Gasteiger partial charge in [0.15, 0.2) is 0 Å². The van der Waals surface area contributed by atoms with Crippen LogP contribution >= 0.6 is 0 Å². The number of allylic oxidation sites excluding steroid dienone is 4. The number of hydrogen-bond acceptors (Lipinski definition) is 0. The Kier molecular flexibility index (Phi) is 10.1. The van der Waals surface area contributed by atoms with Crippen LogP contribution in [0, 0.1) is 0 Å². The molecule has 0 unspecified atom stereocenters. The predicted octanol–water partition coefficient (Wildman–Crippen LogP) is 6.82. The Hall–Kier alpha value is -0.520. The molecular formula is C18H34. The Morgan fingerprint density at radius 3 is 1.00 bits per heavy atom. The molecule has 0 spiro atoms. The highest BCUT2D eigenvalue weighted by molar-refractivity contribution is 5.38. The summed E-state index contributed by atoms with van der Waals surface area (Å²) in [5.74, 6) is 0. The Balaban J connectivity index is 5.35. The van der Waals surface area contributed by atoms with Crippen molar-refractivity contribution in [3.63, 3.8) is 0 Å². The molecule has 18 heavy (non-hydrogen) atoms. The highest BCUT2D eigenvalue weighted by atomic mass is 14.2. The molecule has 0 nitrogen and oxygen atoms in total. The fraction of sp³-hybridized carbons (Fsp3) is 0.778. The molecule has 0 atom stereocenters. The summed E-state index contributed by atoms with van der Waals surface area (Å²) in [5.41, 5.74) is 6.65. The first-order chi connectivity index (χ1) is 8.62. The molecule has 0 N–H and O–H groups in total. The zero-order valence-electron chi connectivity index (χ0n) is 13.7. The Morgan fingerprint density at radius 1 is 0.500 bits per heavy atom. The summed E-state index contributed by atoms with van der Waals surface area (Å²) in [5, 5.41) is 0. The van der Waals surface area contributed by atoms with Gasteiger partial charge in [-0.2, -0.15) is 0 Å². The van der Waals surface area contributed by atoms with Gasteiger partial charge in [0.1, 0.15) is 0 Å². The first-order valence-corrected chi connectivity index (χ1v) is 7.99. The fourth-order valence-electron chi connectivity index (χ4n) is 2.80. The molecule has 0 radical (unpaired) electrons. The van der Waals surface area contributed by atoms with E-state index in [-0.39, 0.29) is 0 Å². The van der Waals surface area contributed by atoms with Crippen LogP contribution in [0.4, 0.5) is 0 Å². The van der Waals surface area contributed by atoms with Crippen LogP contribution in [0.25, 0.3) is 0 Å². The average molecular weight is 250 g/mol. The first-order valence-electron chi connectivity index (χ1n) is 7.99. The topological polar surface area (TPSA) is 0 Å². The predicted molar refractivity (Wildman–Crippen MR) is 85.0 cm³/mol. The molecule has 106 valence electrons. The van der Waals surface area contributed by atoms with E-state index in [1.807, 2.05) is 0 Å².